The molecule has 0 bridgehead atoms. The SMILES string of the molecule is O=C1COc2cc(F)c(C(=O)N3CC(COc4ccc(Cl)cc4Cl)C3)cc2N1. The van der Waals surface area contributed by atoms with E-state index in [1.165, 1.54) is 11.0 Å². The second-order valence-corrected chi connectivity index (χ2v) is 7.47. The highest BCUT2D eigenvalue weighted by Crippen LogP contribution is 2.32. The minimum absolute atomic E-state index is 0.107. The Morgan fingerprint density at radius 2 is 2.07 bits per heavy atom. The third-order valence-electron chi connectivity index (χ3n) is 4.55. The smallest absolute Gasteiger partial charge is 0.262 e. The van der Waals surface area contributed by atoms with E-state index in [0.29, 0.717) is 41.2 Å². The molecule has 9 heteroatoms. The predicted molar refractivity (Wildman–Crippen MR) is 102 cm³/mol. The fraction of sp³-hybridized carbons (Fsp3) is 0.263. The Kier molecular flexibility index (Phi) is 5.03. The lowest BCUT2D eigenvalue weighted by molar-refractivity contribution is -0.118. The van der Waals surface area contributed by atoms with E-state index in [-0.39, 0.29) is 29.7 Å². The Labute approximate surface area is 170 Å². The van der Waals surface area contributed by atoms with Gasteiger partial charge in [0.2, 0.25) is 0 Å². The molecule has 1 fully saturated rings. The number of likely N-dealkylation sites (tertiary alicyclic amines) is 1. The van der Waals surface area contributed by atoms with Crippen molar-refractivity contribution in [3.05, 3.63) is 51.8 Å². The number of hydrogen-bond donors (Lipinski definition) is 1. The van der Waals surface area contributed by atoms with Crippen LogP contribution in [0.4, 0.5) is 10.1 Å². The molecule has 0 spiro atoms. The van der Waals surface area contributed by atoms with Crippen LogP contribution in [0, 0.1) is 11.7 Å². The van der Waals surface area contributed by atoms with E-state index in [0.717, 1.165) is 6.07 Å². The normalized spacial score (nSPS) is 16.0. The van der Waals surface area contributed by atoms with Gasteiger partial charge in [-0.25, -0.2) is 4.39 Å². The number of halogens is 3. The zero-order chi connectivity index (χ0) is 19.8. The van der Waals surface area contributed by atoms with E-state index < -0.39 is 11.7 Å². The number of nitrogens with zero attached hydrogens (tertiary/aromatic N) is 1. The Morgan fingerprint density at radius 3 is 2.82 bits per heavy atom. The first-order chi connectivity index (χ1) is 13.4. The van der Waals surface area contributed by atoms with Crippen LogP contribution in [0.2, 0.25) is 10.0 Å². The Bertz CT molecular complexity index is 963. The first-order valence-corrected chi connectivity index (χ1v) is 9.29. The molecular formula is C19H15Cl2FN2O4. The lowest BCUT2D eigenvalue weighted by Crippen LogP contribution is -2.52. The van der Waals surface area contributed by atoms with Crippen molar-refractivity contribution in [3.63, 3.8) is 0 Å². The molecule has 0 atom stereocenters. The molecule has 0 radical (unpaired) electrons. The molecule has 0 saturated carbocycles. The number of nitrogens with one attached hydrogen (secondary N) is 1. The fourth-order valence-corrected chi connectivity index (χ4v) is 3.54. The maximum absolute atomic E-state index is 14.3. The van der Waals surface area contributed by atoms with Crippen LogP contribution < -0.4 is 14.8 Å². The molecule has 2 aromatic carbocycles. The lowest BCUT2D eigenvalue weighted by atomic mass is 9.99. The summed E-state index contributed by atoms with van der Waals surface area (Å²) in [6.45, 7) is 1.07. The van der Waals surface area contributed by atoms with E-state index in [1.54, 1.807) is 18.2 Å². The summed E-state index contributed by atoms with van der Waals surface area (Å²) in [6, 6.07) is 7.38. The van der Waals surface area contributed by atoms with Crippen LogP contribution in [-0.2, 0) is 4.79 Å². The molecule has 2 aliphatic heterocycles. The largest absolute Gasteiger partial charge is 0.492 e. The summed E-state index contributed by atoms with van der Waals surface area (Å²) in [6.07, 6.45) is 0. The standard InChI is InChI=1S/C19H15Cl2FN2O4/c20-11-1-2-16(13(21)3-11)27-8-10-6-24(7-10)19(26)12-4-15-17(5-14(12)22)28-9-18(25)23-15/h1-5,10H,6-9H2,(H,23,25). The monoisotopic (exact) mass is 424 g/mol. The number of rotatable bonds is 4. The average molecular weight is 425 g/mol. The van der Waals surface area contributed by atoms with Crippen molar-refractivity contribution < 1.29 is 23.5 Å². The summed E-state index contributed by atoms with van der Waals surface area (Å²) in [7, 11) is 0. The van der Waals surface area contributed by atoms with Gasteiger partial charge in [0.05, 0.1) is 22.9 Å². The van der Waals surface area contributed by atoms with E-state index in [1.807, 2.05) is 0 Å². The third-order valence-corrected chi connectivity index (χ3v) is 5.08. The quantitative estimate of drug-likeness (QED) is 0.813. The molecule has 146 valence electrons. The van der Waals surface area contributed by atoms with Gasteiger partial charge in [-0.2, -0.15) is 0 Å². The highest BCUT2D eigenvalue weighted by molar-refractivity contribution is 6.35. The van der Waals surface area contributed by atoms with Gasteiger partial charge in [-0.3, -0.25) is 9.59 Å². The van der Waals surface area contributed by atoms with Gasteiger partial charge in [-0.1, -0.05) is 23.2 Å². The lowest BCUT2D eigenvalue weighted by Gasteiger charge is -2.39. The summed E-state index contributed by atoms with van der Waals surface area (Å²) in [5.74, 6) is -0.636. The number of fused-ring (bicyclic) bond motifs is 1. The van der Waals surface area contributed by atoms with Crippen LogP contribution in [0.15, 0.2) is 30.3 Å². The Balaban J connectivity index is 1.36. The number of benzene rings is 2. The summed E-state index contributed by atoms with van der Waals surface area (Å²) in [5, 5.41) is 3.51. The molecule has 0 aliphatic carbocycles. The maximum atomic E-state index is 14.3. The van der Waals surface area contributed by atoms with Gasteiger partial charge in [0.15, 0.2) is 6.61 Å². The van der Waals surface area contributed by atoms with Crippen molar-refractivity contribution in [2.24, 2.45) is 5.92 Å². The predicted octanol–water partition coefficient (Wildman–Crippen LogP) is 3.61. The summed E-state index contributed by atoms with van der Waals surface area (Å²) < 4.78 is 25.1. The summed E-state index contributed by atoms with van der Waals surface area (Å²) in [4.78, 5) is 25.5. The molecule has 0 aromatic heterocycles. The number of amides is 2. The maximum Gasteiger partial charge on any atom is 0.262 e. The van der Waals surface area contributed by atoms with E-state index in [9.17, 15) is 14.0 Å². The van der Waals surface area contributed by atoms with Crippen molar-refractivity contribution >= 4 is 40.7 Å². The van der Waals surface area contributed by atoms with Crippen molar-refractivity contribution in [2.45, 2.75) is 0 Å². The van der Waals surface area contributed by atoms with Gasteiger partial charge in [0.25, 0.3) is 11.8 Å². The van der Waals surface area contributed by atoms with Gasteiger partial charge in [0.1, 0.15) is 17.3 Å². The van der Waals surface area contributed by atoms with Crippen molar-refractivity contribution in [3.8, 4) is 11.5 Å². The number of carbonyl (C=O) groups is 2. The van der Waals surface area contributed by atoms with Crippen LogP contribution in [-0.4, -0.2) is 43.0 Å². The molecule has 1 N–H and O–H groups in total. The fourth-order valence-electron chi connectivity index (χ4n) is 3.08. The molecule has 6 nitrogen and oxygen atoms in total. The second-order valence-electron chi connectivity index (χ2n) is 6.63. The number of hydrogen-bond acceptors (Lipinski definition) is 4. The molecule has 1 saturated heterocycles. The minimum atomic E-state index is -0.687. The highest BCUT2D eigenvalue weighted by atomic mass is 35.5. The number of anilines is 1. The molecule has 28 heavy (non-hydrogen) atoms. The van der Waals surface area contributed by atoms with Crippen molar-refractivity contribution in [1.82, 2.24) is 4.90 Å². The van der Waals surface area contributed by atoms with Crippen LogP contribution in [0.5, 0.6) is 11.5 Å². The van der Waals surface area contributed by atoms with Crippen LogP contribution >= 0.6 is 23.2 Å². The Morgan fingerprint density at radius 1 is 1.29 bits per heavy atom. The molecule has 2 amide bonds. The summed E-state index contributed by atoms with van der Waals surface area (Å²) in [5.41, 5.74) is 0.184. The van der Waals surface area contributed by atoms with Crippen molar-refractivity contribution in [1.29, 1.82) is 0 Å². The zero-order valence-electron chi connectivity index (χ0n) is 14.5. The van der Waals surface area contributed by atoms with Crippen LogP contribution in [0.1, 0.15) is 10.4 Å². The molecule has 2 aromatic rings. The van der Waals surface area contributed by atoms with E-state index >= 15 is 0 Å². The van der Waals surface area contributed by atoms with Gasteiger partial charge in [-0.15, -0.1) is 0 Å². The third kappa shape index (κ3) is 3.72. The first kappa shape index (κ1) is 18.8. The zero-order valence-corrected chi connectivity index (χ0v) is 16.0. The molecule has 0 unspecified atom stereocenters. The van der Waals surface area contributed by atoms with Crippen molar-refractivity contribution in [2.75, 3.05) is 31.6 Å². The molecule has 2 aliphatic rings. The summed E-state index contributed by atoms with van der Waals surface area (Å²) >= 11 is 11.9. The molecular weight excluding hydrogens is 410 g/mol. The molecule has 4 rings (SSSR count). The molecule has 2 heterocycles. The Hall–Kier alpha value is -2.51. The number of ether oxygens (including phenoxy) is 2. The van der Waals surface area contributed by atoms with Gasteiger partial charge >= 0.3 is 0 Å². The van der Waals surface area contributed by atoms with Crippen LogP contribution in [0.25, 0.3) is 0 Å². The van der Waals surface area contributed by atoms with E-state index in [4.69, 9.17) is 32.7 Å². The second kappa shape index (κ2) is 7.48. The highest BCUT2D eigenvalue weighted by Gasteiger charge is 2.34. The first-order valence-electron chi connectivity index (χ1n) is 8.54. The van der Waals surface area contributed by atoms with Gasteiger partial charge in [0, 0.05) is 30.1 Å². The minimum Gasteiger partial charge on any atom is -0.492 e. The van der Waals surface area contributed by atoms with Crippen LogP contribution in [0.3, 0.4) is 0 Å². The van der Waals surface area contributed by atoms with Gasteiger partial charge in [-0.05, 0) is 24.3 Å². The topological polar surface area (TPSA) is 67.9 Å². The average Bonchev–Trinajstić information content (AvgIpc) is 2.61. The van der Waals surface area contributed by atoms with E-state index in [2.05, 4.69) is 5.32 Å². The number of carbonyl (C=O) groups excluding carboxylic acids is 2. The van der Waals surface area contributed by atoms with Gasteiger partial charge < -0.3 is 19.7 Å².